The normalized spacial score (nSPS) is 10.7. The first-order valence-electron chi connectivity index (χ1n) is 5.62. The monoisotopic (exact) mass is 309 g/mol. The van der Waals surface area contributed by atoms with Gasteiger partial charge in [0.05, 0.1) is 5.69 Å². The molecule has 0 radical (unpaired) electrons. The SMILES string of the molecule is CC(C)Nc1ccc(-c2cc(Br)ccc2F)nn1. The Morgan fingerprint density at radius 1 is 1.17 bits per heavy atom. The molecule has 2 rings (SSSR count). The second-order valence-electron chi connectivity index (χ2n) is 4.23. The molecule has 94 valence electrons. The van der Waals surface area contributed by atoms with Gasteiger partial charge in [-0.1, -0.05) is 15.9 Å². The van der Waals surface area contributed by atoms with E-state index in [1.165, 1.54) is 6.07 Å². The predicted molar refractivity (Wildman–Crippen MR) is 73.9 cm³/mol. The minimum Gasteiger partial charge on any atom is -0.366 e. The van der Waals surface area contributed by atoms with Crippen molar-refractivity contribution in [1.29, 1.82) is 0 Å². The number of rotatable bonds is 3. The lowest BCUT2D eigenvalue weighted by Gasteiger charge is -2.08. The first-order chi connectivity index (χ1) is 8.56. The van der Waals surface area contributed by atoms with Gasteiger partial charge in [-0.15, -0.1) is 10.2 Å². The van der Waals surface area contributed by atoms with Gasteiger partial charge in [-0.05, 0) is 44.2 Å². The zero-order valence-corrected chi connectivity index (χ0v) is 11.7. The Hall–Kier alpha value is -1.49. The van der Waals surface area contributed by atoms with E-state index in [1.54, 1.807) is 24.3 Å². The van der Waals surface area contributed by atoms with Gasteiger partial charge < -0.3 is 5.32 Å². The highest BCUT2D eigenvalue weighted by molar-refractivity contribution is 9.10. The summed E-state index contributed by atoms with van der Waals surface area (Å²) in [4.78, 5) is 0. The molecule has 2 aromatic rings. The zero-order chi connectivity index (χ0) is 13.1. The fraction of sp³-hybridized carbons (Fsp3) is 0.231. The van der Waals surface area contributed by atoms with Crippen LogP contribution in [0.2, 0.25) is 0 Å². The molecule has 0 atom stereocenters. The number of halogens is 2. The van der Waals surface area contributed by atoms with Crippen LogP contribution >= 0.6 is 15.9 Å². The molecule has 0 amide bonds. The van der Waals surface area contributed by atoms with Crippen LogP contribution in [0.5, 0.6) is 0 Å². The Labute approximate surface area is 114 Å². The van der Waals surface area contributed by atoms with Gasteiger partial charge in [0.15, 0.2) is 0 Å². The van der Waals surface area contributed by atoms with Crippen LogP contribution < -0.4 is 5.32 Å². The second kappa shape index (κ2) is 5.44. The van der Waals surface area contributed by atoms with Crippen molar-refractivity contribution in [2.45, 2.75) is 19.9 Å². The fourth-order valence-electron chi connectivity index (χ4n) is 1.54. The van der Waals surface area contributed by atoms with E-state index >= 15 is 0 Å². The van der Waals surface area contributed by atoms with E-state index in [-0.39, 0.29) is 11.9 Å². The Morgan fingerprint density at radius 3 is 2.56 bits per heavy atom. The van der Waals surface area contributed by atoms with Crippen molar-refractivity contribution in [3.05, 3.63) is 40.6 Å². The number of nitrogens with one attached hydrogen (secondary N) is 1. The van der Waals surface area contributed by atoms with Crippen LogP contribution in [0.25, 0.3) is 11.3 Å². The third-order valence-electron chi connectivity index (χ3n) is 2.31. The molecule has 0 aliphatic carbocycles. The van der Waals surface area contributed by atoms with E-state index < -0.39 is 0 Å². The number of anilines is 1. The summed E-state index contributed by atoms with van der Waals surface area (Å²) in [6.45, 7) is 4.03. The van der Waals surface area contributed by atoms with Gasteiger partial charge in [0.25, 0.3) is 0 Å². The summed E-state index contributed by atoms with van der Waals surface area (Å²) in [7, 11) is 0. The minimum absolute atomic E-state index is 0.285. The molecule has 0 spiro atoms. The summed E-state index contributed by atoms with van der Waals surface area (Å²) in [6.07, 6.45) is 0. The van der Waals surface area contributed by atoms with Crippen molar-refractivity contribution < 1.29 is 4.39 Å². The summed E-state index contributed by atoms with van der Waals surface area (Å²) >= 11 is 3.31. The molecule has 0 saturated heterocycles. The highest BCUT2D eigenvalue weighted by Gasteiger charge is 2.08. The van der Waals surface area contributed by atoms with Gasteiger partial charge in [-0.25, -0.2) is 4.39 Å². The molecule has 1 aromatic heterocycles. The molecule has 3 nitrogen and oxygen atoms in total. The average Bonchev–Trinajstić information content (AvgIpc) is 2.33. The Kier molecular flexibility index (Phi) is 3.91. The Bertz CT molecular complexity index is 540. The summed E-state index contributed by atoms with van der Waals surface area (Å²) in [5, 5.41) is 11.2. The highest BCUT2D eigenvalue weighted by atomic mass is 79.9. The Balaban J connectivity index is 2.31. The molecule has 0 aliphatic heterocycles. The maximum atomic E-state index is 13.7. The van der Waals surface area contributed by atoms with Crippen molar-refractivity contribution in [1.82, 2.24) is 10.2 Å². The summed E-state index contributed by atoms with van der Waals surface area (Å²) in [6, 6.07) is 8.58. The highest BCUT2D eigenvalue weighted by Crippen LogP contribution is 2.24. The van der Waals surface area contributed by atoms with Crippen LogP contribution in [0.3, 0.4) is 0 Å². The zero-order valence-electron chi connectivity index (χ0n) is 10.1. The molecule has 0 bridgehead atoms. The molecule has 1 heterocycles. The summed E-state index contributed by atoms with van der Waals surface area (Å²) < 4.78 is 14.5. The third kappa shape index (κ3) is 3.04. The van der Waals surface area contributed by atoms with Crippen LogP contribution in [0.1, 0.15) is 13.8 Å². The maximum Gasteiger partial charge on any atom is 0.148 e. The van der Waals surface area contributed by atoms with Gasteiger partial charge in [-0.3, -0.25) is 0 Å². The number of aromatic nitrogens is 2. The van der Waals surface area contributed by atoms with Gasteiger partial charge in [0.2, 0.25) is 0 Å². The lowest BCUT2D eigenvalue weighted by Crippen LogP contribution is -2.11. The van der Waals surface area contributed by atoms with E-state index in [0.717, 1.165) is 4.47 Å². The number of benzene rings is 1. The quantitative estimate of drug-likeness (QED) is 0.935. The number of hydrogen-bond donors (Lipinski definition) is 1. The molecule has 0 saturated carbocycles. The van der Waals surface area contributed by atoms with Gasteiger partial charge in [0.1, 0.15) is 11.6 Å². The summed E-state index contributed by atoms with van der Waals surface area (Å²) in [5.41, 5.74) is 0.955. The molecule has 18 heavy (non-hydrogen) atoms. The van der Waals surface area contributed by atoms with Crippen LogP contribution in [0.15, 0.2) is 34.8 Å². The van der Waals surface area contributed by atoms with Gasteiger partial charge in [-0.2, -0.15) is 0 Å². The Morgan fingerprint density at radius 2 is 1.94 bits per heavy atom. The summed E-state index contributed by atoms with van der Waals surface area (Å²) in [5.74, 6) is 0.376. The first-order valence-corrected chi connectivity index (χ1v) is 6.41. The number of hydrogen-bond acceptors (Lipinski definition) is 3. The van der Waals surface area contributed by atoms with E-state index in [0.29, 0.717) is 17.1 Å². The van der Waals surface area contributed by atoms with Crippen molar-refractivity contribution in [2.24, 2.45) is 0 Å². The molecule has 0 unspecified atom stereocenters. The maximum absolute atomic E-state index is 13.7. The van der Waals surface area contributed by atoms with E-state index in [4.69, 9.17) is 0 Å². The van der Waals surface area contributed by atoms with E-state index in [9.17, 15) is 4.39 Å². The largest absolute Gasteiger partial charge is 0.366 e. The second-order valence-corrected chi connectivity index (χ2v) is 5.14. The molecule has 1 N–H and O–H groups in total. The smallest absolute Gasteiger partial charge is 0.148 e. The van der Waals surface area contributed by atoms with Crippen molar-refractivity contribution in [3.8, 4) is 11.3 Å². The average molecular weight is 310 g/mol. The lowest BCUT2D eigenvalue weighted by molar-refractivity contribution is 0.630. The topological polar surface area (TPSA) is 37.8 Å². The molecule has 0 aliphatic rings. The molecular formula is C13H13BrFN3. The third-order valence-corrected chi connectivity index (χ3v) is 2.80. The number of nitrogens with zero attached hydrogens (tertiary/aromatic N) is 2. The lowest BCUT2D eigenvalue weighted by atomic mass is 10.1. The van der Waals surface area contributed by atoms with Gasteiger partial charge >= 0.3 is 0 Å². The molecule has 0 fully saturated rings. The standard InChI is InChI=1S/C13H13BrFN3/c1-8(2)16-13-6-5-12(17-18-13)10-7-9(14)3-4-11(10)15/h3-8H,1-2H3,(H,16,18). The van der Waals surface area contributed by atoms with Crippen LogP contribution in [0.4, 0.5) is 10.2 Å². The van der Waals surface area contributed by atoms with Crippen molar-refractivity contribution >= 4 is 21.7 Å². The van der Waals surface area contributed by atoms with Gasteiger partial charge in [0, 0.05) is 16.1 Å². The molecular weight excluding hydrogens is 297 g/mol. The molecule has 1 aromatic carbocycles. The first kappa shape index (κ1) is 13.0. The van der Waals surface area contributed by atoms with Crippen molar-refractivity contribution in [3.63, 3.8) is 0 Å². The van der Waals surface area contributed by atoms with Crippen molar-refractivity contribution in [2.75, 3.05) is 5.32 Å². The minimum atomic E-state index is -0.308. The predicted octanol–water partition coefficient (Wildman–Crippen LogP) is 3.87. The van der Waals surface area contributed by atoms with E-state index in [1.807, 2.05) is 13.8 Å². The fourth-order valence-corrected chi connectivity index (χ4v) is 1.90. The van der Waals surface area contributed by atoms with Crippen LogP contribution in [-0.4, -0.2) is 16.2 Å². The van der Waals surface area contributed by atoms with Crippen LogP contribution in [0, 0.1) is 5.82 Å². The van der Waals surface area contributed by atoms with E-state index in [2.05, 4.69) is 31.4 Å². The molecule has 5 heteroatoms. The van der Waals surface area contributed by atoms with Crippen LogP contribution in [-0.2, 0) is 0 Å².